The van der Waals surface area contributed by atoms with E-state index in [0.717, 1.165) is 5.56 Å². The predicted octanol–water partition coefficient (Wildman–Crippen LogP) is 0.827. The van der Waals surface area contributed by atoms with Crippen molar-refractivity contribution in [1.82, 2.24) is 5.32 Å². The van der Waals surface area contributed by atoms with Gasteiger partial charge in [-0.25, -0.2) is 5.90 Å². The third-order valence-corrected chi connectivity index (χ3v) is 1.80. The van der Waals surface area contributed by atoms with Gasteiger partial charge in [0, 0.05) is 12.1 Å². The highest BCUT2D eigenvalue weighted by molar-refractivity contribution is 5.94. The van der Waals surface area contributed by atoms with Gasteiger partial charge >= 0.3 is 0 Å². The minimum absolute atomic E-state index is 0.0623. The second kappa shape index (κ2) is 5.36. The molecule has 0 heterocycles. The third-order valence-electron chi connectivity index (χ3n) is 1.80. The van der Waals surface area contributed by atoms with Crippen molar-refractivity contribution in [2.24, 2.45) is 5.90 Å². The summed E-state index contributed by atoms with van der Waals surface area (Å²) in [5.41, 5.74) is 1.59. The average molecular weight is 194 g/mol. The summed E-state index contributed by atoms with van der Waals surface area (Å²) in [5, 5.41) is 2.72. The largest absolute Gasteiger partial charge is 0.352 e. The Morgan fingerprint density at radius 2 is 2.07 bits per heavy atom. The summed E-state index contributed by atoms with van der Waals surface area (Å²) < 4.78 is 0. The van der Waals surface area contributed by atoms with Gasteiger partial charge in [-0.2, -0.15) is 0 Å². The standard InChI is InChI=1S/C10H14N2O2/c1-2-12-10(13)9-5-3-8(4-6-9)7-14-11/h3-6H,2,7,11H2,1H3,(H,12,13). The molecule has 14 heavy (non-hydrogen) atoms. The maximum Gasteiger partial charge on any atom is 0.251 e. The van der Waals surface area contributed by atoms with Gasteiger partial charge in [-0.1, -0.05) is 12.1 Å². The van der Waals surface area contributed by atoms with Crippen molar-refractivity contribution < 1.29 is 9.63 Å². The fourth-order valence-electron chi connectivity index (χ4n) is 1.11. The number of nitrogens with one attached hydrogen (secondary N) is 1. The van der Waals surface area contributed by atoms with Gasteiger partial charge in [-0.15, -0.1) is 0 Å². The van der Waals surface area contributed by atoms with Crippen LogP contribution in [0.4, 0.5) is 0 Å². The second-order valence-corrected chi connectivity index (χ2v) is 2.87. The van der Waals surface area contributed by atoms with E-state index in [1.807, 2.05) is 19.1 Å². The molecule has 76 valence electrons. The van der Waals surface area contributed by atoms with Crippen molar-refractivity contribution in [1.29, 1.82) is 0 Å². The number of benzene rings is 1. The lowest BCUT2D eigenvalue weighted by Gasteiger charge is -2.03. The van der Waals surface area contributed by atoms with Gasteiger partial charge in [0.05, 0.1) is 6.61 Å². The first-order valence-corrected chi connectivity index (χ1v) is 4.46. The number of carbonyl (C=O) groups is 1. The summed E-state index contributed by atoms with van der Waals surface area (Å²) in [4.78, 5) is 15.8. The van der Waals surface area contributed by atoms with Crippen molar-refractivity contribution in [2.75, 3.05) is 6.54 Å². The summed E-state index contributed by atoms with van der Waals surface area (Å²) >= 11 is 0. The molecule has 0 atom stereocenters. The highest BCUT2D eigenvalue weighted by atomic mass is 16.6. The van der Waals surface area contributed by atoms with Gasteiger partial charge in [0.25, 0.3) is 5.91 Å². The number of hydrogen-bond acceptors (Lipinski definition) is 3. The first kappa shape index (κ1) is 10.7. The molecule has 1 amide bonds. The molecule has 0 aliphatic heterocycles. The highest BCUT2D eigenvalue weighted by Gasteiger charge is 2.02. The SMILES string of the molecule is CCNC(=O)c1ccc(CON)cc1. The van der Waals surface area contributed by atoms with Crippen molar-refractivity contribution in [3.05, 3.63) is 35.4 Å². The van der Waals surface area contributed by atoms with Crippen molar-refractivity contribution in [3.8, 4) is 0 Å². The number of hydrogen-bond donors (Lipinski definition) is 2. The summed E-state index contributed by atoms with van der Waals surface area (Å²) in [6.07, 6.45) is 0. The van der Waals surface area contributed by atoms with Crippen LogP contribution >= 0.6 is 0 Å². The van der Waals surface area contributed by atoms with Crippen LogP contribution in [0.1, 0.15) is 22.8 Å². The first-order valence-electron chi connectivity index (χ1n) is 4.46. The Morgan fingerprint density at radius 1 is 1.43 bits per heavy atom. The van der Waals surface area contributed by atoms with Crippen LogP contribution in [-0.2, 0) is 11.4 Å². The zero-order chi connectivity index (χ0) is 10.4. The number of rotatable bonds is 4. The second-order valence-electron chi connectivity index (χ2n) is 2.87. The lowest BCUT2D eigenvalue weighted by Crippen LogP contribution is -2.22. The maximum atomic E-state index is 11.3. The lowest BCUT2D eigenvalue weighted by molar-refractivity contribution is 0.0955. The Hall–Kier alpha value is -1.39. The molecule has 0 bridgehead atoms. The molecule has 0 aromatic heterocycles. The fourth-order valence-corrected chi connectivity index (χ4v) is 1.11. The number of amides is 1. The molecular formula is C10H14N2O2. The summed E-state index contributed by atoms with van der Waals surface area (Å²) in [7, 11) is 0. The highest BCUT2D eigenvalue weighted by Crippen LogP contribution is 2.04. The molecule has 0 spiro atoms. The zero-order valence-electron chi connectivity index (χ0n) is 8.12. The molecule has 0 aliphatic carbocycles. The van der Waals surface area contributed by atoms with Crippen LogP contribution in [0.15, 0.2) is 24.3 Å². The summed E-state index contributed by atoms with van der Waals surface area (Å²) in [6.45, 7) is 2.87. The van der Waals surface area contributed by atoms with Crippen molar-refractivity contribution in [2.45, 2.75) is 13.5 Å². The molecule has 1 aromatic rings. The summed E-state index contributed by atoms with van der Waals surface area (Å²) in [6, 6.07) is 7.13. The molecule has 1 aromatic carbocycles. The quantitative estimate of drug-likeness (QED) is 0.698. The smallest absolute Gasteiger partial charge is 0.251 e. The van der Waals surface area contributed by atoms with E-state index < -0.39 is 0 Å². The Morgan fingerprint density at radius 3 is 2.57 bits per heavy atom. The Bertz CT molecular complexity index is 295. The third kappa shape index (κ3) is 2.83. The molecule has 0 saturated carbocycles. The minimum atomic E-state index is -0.0623. The van der Waals surface area contributed by atoms with Gasteiger partial charge in [-0.05, 0) is 24.6 Å². The van der Waals surface area contributed by atoms with E-state index in [-0.39, 0.29) is 5.91 Å². The van der Waals surface area contributed by atoms with Crippen LogP contribution in [0, 0.1) is 0 Å². The maximum absolute atomic E-state index is 11.3. The van der Waals surface area contributed by atoms with Gasteiger partial charge in [0.1, 0.15) is 0 Å². The molecule has 3 N–H and O–H groups in total. The fraction of sp³-hybridized carbons (Fsp3) is 0.300. The molecule has 0 unspecified atom stereocenters. The lowest BCUT2D eigenvalue weighted by atomic mass is 10.1. The van der Waals surface area contributed by atoms with Crippen LogP contribution in [0.25, 0.3) is 0 Å². The molecule has 1 rings (SSSR count). The van der Waals surface area contributed by atoms with Gasteiger partial charge in [0.15, 0.2) is 0 Å². The van der Waals surface area contributed by atoms with Crippen LogP contribution in [-0.4, -0.2) is 12.5 Å². The molecule has 0 saturated heterocycles. The van der Waals surface area contributed by atoms with Crippen LogP contribution in [0.2, 0.25) is 0 Å². The Labute approximate surface area is 83.0 Å². The van der Waals surface area contributed by atoms with Crippen molar-refractivity contribution in [3.63, 3.8) is 0 Å². The molecule has 4 heteroatoms. The molecule has 4 nitrogen and oxygen atoms in total. The monoisotopic (exact) mass is 194 g/mol. The van der Waals surface area contributed by atoms with E-state index in [0.29, 0.717) is 18.7 Å². The van der Waals surface area contributed by atoms with Crippen LogP contribution in [0.3, 0.4) is 0 Å². The molecule has 0 fully saturated rings. The number of nitrogens with two attached hydrogens (primary N) is 1. The van der Waals surface area contributed by atoms with E-state index in [2.05, 4.69) is 10.2 Å². The van der Waals surface area contributed by atoms with E-state index in [4.69, 9.17) is 5.90 Å². The van der Waals surface area contributed by atoms with E-state index in [1.54, 1.807) is 12.1 Å². The van der Waals surface area contributed by atoms with Gasteiger partial charge in [-0.3, -0.25) is 9.63 Å². The first-order chi connectivity index (χ1) is 6.77. The van der Waals surface area contributed by atoms with E-state index in [1.165, 1.54) is 0 Å². The van der Waals surface area contributed by atoms with Gasteiger partial charge in [0.2, 0.25) is 0 Å². The Kier molecular flexibility index (Phi) is 4.10. The molecule has 0 aliphatic rings. The van der Waals surface area contributed by atoms with Crippen LogP contribution < -0.4 is 11.2 Å². The van der Waals surface area contributed by atoms with Crippen LogP contribution in [0.5, 0.6) is 0 Å². The zero-order valence-corrected chi connectivity index (χ0v) is 8.12. The summed E-state index contributed by atoms with van der Waals surface area (Å²) in [5.74, 6) is 4.86. The minimum Gasteiger partial charge on any atom is -0.352 e. The van der Waals surface area contributed by atoms with Crippen molar-refractivity contribution >= 4 is 5.91 Å². The topological polar surface area (TPSA) is 64.3 Å². The molecule has 0 radical (unpaired) electrons. The number of carbonyl (C=O) groups excluding carboxylic acids is 1. The normalized spacial score (nSPS) is 9.86. The van der Waals surface area contributed by atoms with Gasteiger partial charge < -0.3 is 5.32 Å². The van der Waals surface area contributed by atoms with E-state index >= 15 is 0 Å². The Balaban J connectivity index is 2.67. The predicted molar refractivity (Wildman–Crippen MR) is 53.4 cm³/mol. The van der Waals surface area contributed by atoms with E-state index in [9.17, 15) is 4.79 Å². The molecular weight excluding hydrogens is 180 g/mol. The average Bonchev–Trinajstić information content (AvgIpc) is 2.20.